The molecular formula is C34H65NO10. The van der Waals surface area contributed by atoms with Gasteiger partial charge in [0.1, 0.15) is 30.0 Å². The van der Waals surface area contributed by atoms with Gasteiger partial charge in [0.05, 0.1) is 19.8 Å². The minimum Gasteiger partial charge on any atom is -0.464 e. The number of hydrogen-bond donors (Lipinski definition) is 1. The van der Waals surface area contributed by atoms with Crippen molar-refractivity contribution < 1.29 is 47.5 Å². The second-order valence-corrected chi connectivity index (χ2v) is 12.6. The SMILES string of the molecule is CCCCOCC1O[C@H](OC[C@H](NC(=O)OC(C)(C)C)C(=O)OCCCC)C(OCCCC)C(OCCCC)[C@@H]1OCCCC. The van der Waals surface area contributed by atoms with Crippen LogP contribution in [0.25, 0.3) is 0 Å². The highest BCUT2D eigenvalue weighted by atomic mass is 16.7. The summed E-state index contributed by atoms with van der Waals surface area (Å²) in [5, 5.41) is 2.63. The van der Waals surface area contributed by atoms with Crippen molar-refractivity contribution >= 4 is 12.1 Å². The molecule has 0 radical (unpaired) electrons. The molecule has 0 bridgehead atoms. The van der Waals surface area contributed by atoms with Crippen molar-refractivity contribution in [2.45, 2.75) is 162 Å². The van der Waals surface area contributed by atoms with Crippen LogP contribution in [0.3, 0.4) is 0 Å². The molecule has 1 amide bonds. The molecule has 3 unspecified atom stereocenters. The Morgan fingerprint density at radius 3 is 1.76 bits per heavy atom. The van der Waals surface area contributed by atoms with Crippen LogP contribution < -0.4 is 5.32 Å². The lowest BCUT2D eigenvalue weighted by Crippen LogP contribution is -2.62. The maximum atomic E-state index is 13.1. The summed E-state index contributed by atoms with van der Waals surface area (Å²) in [5.41, 5.74) is -0.743. The maximum Gasteiger partial charge on any atom is 0.408 e. The van der Waals surface area contributed by atoms with Gasteiger partial charge in [-0.15, -0.1) is 0 Å². The monoisotopic (exact) mass is 647 g/mol. The van der Waals surface area contributed by atoms with E-state index in [0.717, 1.165) is 57.8 Å². The average molecular weight is 648 g/mol. The van der Waals surface area contributed by atoms with E-state index in [1.807, 2.05) is 6.92 Å². The van der Waals surface area contributed by atoms with Crippen molar-refractivity contribution in [1.29, 1.82) is 0 Å². The molecule has 45 heavy (non-hydrogen) atoms. The number of alkyl carbamates (subject to hydrolysis) is 1. The van der Waals surface area contributed by atoms with E-state index in [2.05, 4.69) is 33.0 Å². The molecule has 1 saturated heterocycles. The van der Waals surface area contributed by atoms with Crippen LogP contribution in [0.1, 0.15) is 120 Å². The second-order valence-electron chi connectivity index (χ2n) is 12.6. The van der Waals surface area contributed by atoms with Gasteiger partial charge in [-0.25, -0.2) is 9.59 Å². The molecule has 1 N–H and O–H groups in total. The molecule has 0 aromatic carbocycles. The zero-order valence-electron chi connectivity index (χ0n) is 29.6. The quantitative estimate of drug-likeness (QED) is 0.0888. The first kappa shape index (κ1) is 41.5. The summed E-state index contributed by atoms with van der Waals surface area (Å²) in [7, 11) is 0. The molecule has 1 heterocycles. The van der Waals surface area contributed by atoms with Crippen molar-refractivity contribution in [1.82, 2.24) is 5.32 Å². The van der Waals surface area contributed by atoms with Crippen LogP contribution in [0.15, 0.2) is 0 Å². The number of carbonyl (C=O) groups is 2. The predicted octanol–water partition coefficient (Wildman–Crippen LogP) is 6.34. The number of esters is 1. The fraction of sp³-hybridized carbons (Fsp3) is 0.941. The molecule has 266 valence electrons. The Labute approximate surface area is 273 Å². The Morgan fingerprint density at radius 2 is 1.20 bits per heavy atom. The highest BCUT2D eigenvalue weighted by molar-refractivity contribution is 5.81. The summed E-state index contributed by atoms with van der Waals surface area (Å²) in [6.45, 7) is 18.2. The summed E-state index contributed by atoms with van der Waals surface area (Å²) in [6.07, 6.45) is 5.40. The Morgan fingerprint density at radius 1 is 0.689 bits per heavy atom. The molecule has 1 aliphatic rings. The average Bonchev–Trinajstić information content (AvgIpc) is 2.98. The molecular weight excluding hydrogens is 582 g/mol. The molecule has 1 rings (SSSR count). The van der Waals surface area contributed by atoms with Gasteiger partial charge in [-0.1, -0.05) is 66.7 Å². The standard InChI is InChI=1S/C34H65NO10/c1-9-14-19-38-25-27-28(39-20-15-10-2)29(40-21-16-11-3)30(41-22-17-12-4)32(44-27)43-24-26(31(36)42-23-18-13-5)35-33(37)45-34(6,7)8/h26-30,32H,9-25H2,1-8H3,(H,35,37)/t26-,27?,28+,29?,30?,32-/m0/s1. The number of carbonyl (C=O) groups excluding carboxylic acids is 2. The van der Waals surface area contributed by atoms with Crippen LogP contribution in [0.4, 0.5) is 4.79 Å². The van der Waals surface area contributed by atoms with Crippen molar-refractivity contribution in [3.05, 3.63) is 0 Å². The van der Waals surface area contributed by atoms with Crippen molar-refractivity contribution in [2.75, 3.05) is 46.2 Å². The molecule has 0 aliphatic carbocycles. The molecule has 6 atom stereocenters. The van der Waals surface area contributed by atoms with Crippen molar-refractivity contribution in [2.24, 2.45) is 0 Å². The van der Waals surface area contributed by atoms with E-state index < -0.39 is 54.4 Å². The fourth-order valence-corrected chi connectivity index (χ4v) is 4.48. The summed E-state index contributed by atoms with van der Waals surface area (Å²) in [5.74, 6) is -0.607. The Balaban J connectivity index is 3.32. The van der Waals surface area contributed by atoms with Crippen molar-refractivity contribution in [3.63, 3.8) is 0 Å². The van der Waals surface area contributed by atoms with Gasteiger partial charge < -0.3 is 43.2 Å². The smallest absolute Gasteiger partial charge is 0.408 e. The Bertz CT molecular complexity index is 762. The van der Waals surface area contributed by atoms with E-state index in [0.29, 0.717) is 39.5 Å². The third-order valence-corrected chi connectivity index (χ3v) is 7.08. The van der Waals surface area contributed by atoms with Crippen molar-refractivity contribution in [3.8, 4) is 0 Å². The molecule has 1 fully saturated rings. The van der Waals surface area contributed by atoms with Gasteiger partial charge in [0.15, 0.2) is 12.3 Å². The maximum absolute atomic E-state index is 13.1. The topological polar surface area (TPSA) is 120 Å². The molecule has 0 saturated carbocycles. The number of rotatable bonds is 25. The molecule has 1 aliphatic heterocycles. The van der Waals surface area contributed by atoms with Gasteiger partial charge in [-0.3, -0.25) is 0 Å². The lowest BCUT2D eigenvalue weighted by Gasteiger charge is -2.46. The minimum atomic E-state index is -1.12. The Kier molecular flexibility index (Phi) is 22.7. The minimum absolute atomic E-state index is 0.213. The van der Waals surface area contributed by atoms with E-state index in [-0.39, 0.29) is 13.2 Å². The normalized spacial score (nSPS) is 22.6. The zero-order chi connectivity index (χ0) is 33.5. The predicted molar refractivity (Wildman–Crippen MR) is 173 cm³/mol. The second kappa shape index (κ2) is 24.6. The van der Waals surface area contributed by atoms with Crippen LogP contribution >= 0.6 is 0 Å². The number of nitrogens with one attached hydrogen (secondary N) is 1. The highest BCUT2D eigenvalue weighted by Gasteiger charge is 2.49. The fourth-order valence-electron chi connectivity index (χ4n) is 4.48. The lowest BCUT2D eigenvalue weighted by atomic mass is 9.98. The summed E-state index contributed by atoms with van der Waals surface area (Å²) >= 11 is 0. The first-order chi connectivity index (χ1) is 21.6. The van der Waals surface area contributed by atoms with E-state index in [4.69, 9.17) is 37.9 Å². The zero-order valence-corrected chi connectivity index (χ0v) is 29.6. The number of hydrogen-bond acceptors (Lipinski definition) is 10. The first-order valence-corrected chi connectivity index (χ1v) is 17.5. The van der Waals surface area contributed by atoms with Crippen LogP contribution in [-0.2, 0) is 42.7 Å². The first-order valence-electron chi connectivity index (χ1n) is 17.5. The third-order valence-electron chi connectivity index (χ3n) is 7.08. The number of unbranched alkanes of at least 4 members (excludes halogenated alkanes) is 5. The van der Waals surface area contributed by atoms with E-state index in [9.17, 15) is 9.59 Å². The molecule has 0 aromatic heterocycles. The molecule has 0 aromatic rings. The van der Waals surface area contributed by atoms with Gasteiger partial charge in [-0.2, -0.15) is 0 Å². The molecule has 0 spiro atoms. The number of amides is 1. The van der Waals surface area contributed by atoms with Crippen LogP contribution in [-0.4, -0.2) is 101 Å². The van der Waals surface area contributed by atoms with Crippen LogP contribution in [0.2, 0.25) is 0 Å². The summed E-state index contributed by atoms with van der Waals surface area (Å²) in [6, 6.07) is -1.12. The summed E-state index contributed by atoms with van der Waals surface area (Å²) < 4.78 is 49.0. The van der Waals surface area contributed by atoms with E-state index in [1.165, 1.54) is 0 Å². The van der Waals surface area contributed by atoms with Crippen LogP contribution in [0, 0.1) is 0 Å². The Hall–Kier alpha value is -1.50. The van der Waals surface area contributed by atoms with Crippen LogP contribution in [0.5, 0.6) is 0 Å². The van der Waals surface area contributed by atoms with E-state index >= 15 is 0 Å². The molecule has 11 nitrogen and oxygen atoms in total. The molecule has 11 heteroatoms. The third kappa shape index (κ3) is 17.8. The lowest BCUT2D eigenvalue weighted by molar-refractivity contribution is -0.324. The van der Waals surface area contributed by atoms with Gasteiger partial charge >= 0.3 is 12.1 Å². The van der Waals surface area contributed by atoms with Gasteiger partial charge in [-0.05, 0) is 52.9 Å². The summed E-state index contributed by atoms with van der Waals surface area (Å²) in [4.78, 5) is 25.8. The van der Waals surface area contributed by atoms with Gasteiger partial charge in [0.25, 0.3) is 0 Å². The van der Waals surface area contributed by atoms with Gasteiger partial charge in [0.2, 0.25) is 0 Å². The highest BCUT2D eigenvalue weighted by Crippen LogP contribution is 2.30. The largest absolute Gasteiger partial charge is 0.464 e. The van der Waals surface area contributed by atoms with Gasteiger partial charge in [0, 0.05) is 26.4 Å². The van der Waals surface area contributed by atoms with E-state index in [1.54, 1.807) is 20.8 Å². The number of ether oxygens (including phenoxy) is 8.